The highest BCUT2D eigenvalue weighted by Crippen LogP contribution is 2.42. The van der Waals surface area contributed by atoms with Gasteiger partial charge in [-0.15, -0.1) is 0 Å². The van der Waals surface area contributed by atoms with Crippen LogP contribution in [0.15, 0.2) is 39.5 Å². The van der Waals surface area contributed by atoms with E-state index in [0.29, 0.717) is 0 Å². The third-order valence-corrected chi connectivity index (χ3v) is 3.95. The predicted octanol–water partition coefficient (Wildman–Crippen LogP) is 3.73. The fourth-order valence-corrected chi connectivity index (χ4v) is 2.99. The Kier molecular flexibility index (Phi) is 2.70. The second kappa shape index (κ2) is 4.12. The van der Waals surface area contributed by atoms with Gasteiger partial charge in [0.05, 0.1) is 12.7 Å². The van der Waals surface area contributed by atoms with Crippen molar-refractivity contribution in [2.75, 3.05) is 11.4 Å². The molecule has 0 spiro atoms. The summed E-state index contributed by atoms with van der Waals surface area (Å²) < 4.78 is 6.34. The number of rotatable bonds is 2. The number of benzene rings is 1. The van der Waals surface area contributed by atoms with Crippen molar-refractivity contribution in [3.05, 3.63) is 46.3 Å². The lowest BCUT2D eigenvalue weighted by Crippen LogP contribution is -2.27. The van der Waals surface area contributed by atoms with E-state index in [1.807, 2.05) is 6.07 Å². The molecule has 94 valence electrons. The Labute approximate surface area is 115 Å². The zero-order valence-electron chi connectivity index (χ0n) is 10.5. The van der Waals surface area contributed by atoms with Crippen LogP contribution in [-0.4, -0.2) is 11.7 Å². The fraction of sp³-hybridized carbons (Fsp3) is 0.357. The maximum absolute atomic E-state index is 5.20. The molecule has 1 aliphatic rings. The zero-order valence-corrected chi connectivity index (χ0v) is 12.1. The van der Waals surface area contributed by atoms with Crippen molar-refractivity contribution in [3.8, 4) is 0 Å². The Bertz CT molecular complexity index is 563. The van der Waals surface area contributed by atoms with Crippen LogP contribution in [0.25, 0.3) is 0 Å². The lowest BCUT2D eigenvalue weighted by molar-refractivity contribution is 0.379. The molecule has 1 aromatic carbocycles. The Balaban J connectivity index is 1.97. The summed E-state index contributed by atoms with van der Waals surface area (Å²) in [6.45, 7) is 6.33. The van der Waals surface area contributed by atoms with Crippen molar-refractivity contribution < 1.29 is 4.52 Å². The minimum absolute atomic E-state index is 0.166. The van der Waals surface area contributed by atoms with Gasteiger partial charge in [0.25, 0.3) is 0 Å². The first-order valence-electron chi connectivity index (χ1n) is 6.01. The summed E-state index contributed by atoms with van der Waals surface area (Å²) in [5, 5.41) is 3.76. The van der Waals surface area contributed by atoms with Gasteiger partial charge in [-0.3, -0.25) is 0 Å². The Hall–Kier alpha value is -1.29. The molecule has 3 nitrogen and oxygen atoms in total. The fourth-order valence-electron chi connectivity index (χ4n) is 2.63. The van der Waals surface area contributed by atoms with E-state index in [-0.39, 0.29) is 5.41 Å². The predicted molar refractivity (Wildman–Crippen MR) is 74.7 cm³/mol. The first-order chi connectivity index (χ1) is 8.56. The topological polar surface area (TPSA) is 29.3 Å². The number of fused-ring (bicyclic) bond motifs is 1. The standard InChI is InChI=1S/C14H15BrN2O/c1-14(2)9-17(8-11-5-6-16-18-11)13-4-3-10(15)7-12(13)14/h3-7H,8-9H2,1-2H3. The zero-order chi connectivity index (χ0) is 12.8. The number of halogens is 1. The van der Waals surface area contributed by atoms with Crippen molar-refractivity contribution in [1.82, 2.24) is 5.16 Å². The van der Waals surface area contributed by atoms with E-state index in [9.17, 15) is 0 Å². The second-order valence-electron chi connectivity index (χ2n) is 5.38. The van der Waals surface area contributed by atoms with Gasteiger partial charge in [-0.25, -0.2) is 0 Å². The van der Waals surface area contributed by atoms with Crippen LogP contribution in [-0.2, 0) is 12.0 Å². The molecule has 0 atom stereocenters. The Morgan fingerprint density at radius 1 is 1.39 bits per heavy atom. The molecule has 0 saturated carbocycles. The molecular weight excluding hydrogens is 292 g/mol. The van der Waals surface area contributed by atoms with E-state index < -0.39 is 0 Å². The van der Waals surface area contributed by atoms with Gasteiger partial charge in [-0.05, 0) is 23.8 Å². The van der Waals surface area contributed by atoms with Gasteiger partial charge >= 0.3 is 0 Å². The smallest absolute Gasteiger partial charge is 0.155 e. The molecule has 18 heavy (non-hydrogen) atoms. The number of aromatic nitrogens is 1. The second-order valence-corrected chi connectivity index (χ2v) is 6.30. The third-order valence-electron chi connectivity index (χ3n) is 3.45. The van der Waals surface area contributed by atoms with E-state index in [1.54, 1.807) is 6.20 Å². The molecule has 2 heterocycles. The first kappa shape index (κ1) is 11.8. The third kappa shape index (κ3) is 1.94. The van der Waals surface area contributed by atoms with Crippen LogP contribution in [0.1, 0.15) is 25.2 Å². The van der Waals surface area contributed by atoms with Gasteiger partial charge in [-0.2, -0.15) is 0 Å². The largest absolute Gasteiger partial charge is 0.363 e. The number of anilines is 1. The highest BCUT2D eigenvalue weighted by Gasteiger charge is 2.35. The number of nitrogens with zero attached hydrogens (tertiary/aromatic N) is 2. The van der Waals surface area contributed by atoms with Crippen molar-refractivity contribution in [2.45, 2.75) is 25.8 Å². The molecule has 0 fully saturated rings. The number of hydrogen-bond donors (Lipinski definition) is 0. The summed E-state index contributed by atoms with van der Waals surface area (Å²) in [6.07, 6.45) is 1.69. The minimum atomic E-state index is 0.166. The van der Waals surface area contributed by atoms with Crippen molar-refractivity contribution >= 4 is 21.6 Å². The molecule has 0 amide bonds. The molecule has 4 heteroatoms. The quantitative estimate of drug-likeness (QED) is 0.846. The molecule has 0 N–H and O–H groups in total. The van der Waals surface area contributed by atoms with Crippen LogP contribution < -0.4 is 4.90 Å². The van der Waals surface area contributed by atoms with Crippen LogP contribution in [0.5, 0.6) is 0 Å². The van der Waals surface area contributed by atoms with E-state index in [4.69, 9.17) is 4.52 Å². The van der Waals surface area contributed by atoms with Crippen LogP contribution >= 0.6 is 15.9 Å². The van der Waals surface area contributed by atoms with Gasteiger partial charge < -0.3 is 9.42 Å². The summed E-state index contributed by atoms with van der Waals surface area (Å²) in [5.41, 5.74) is 2.84. The molecule has 1 aromatic heterocycles. The summed E-state index contributed by atoms with van der Waals surface area (Å²) in [6, 6.07) is 8.40. The molecule has 0 saturated heterocycles. The molecule has 0 bridgehead atoms. The van der Waals surface area contributed by atoms with Crippen LogP contribution in [0.3, 0.4) is 0 Å². The maximum atomic E-state index is 5.20. The summed E-state index contributed by atoms with van der Waals surface area (Å²) in [4.78, 5) is 2.35. The number of hydrogen-bond acceptors (Lipinski definition) is 3. The molecule has 1 aliphatic heterocycles. The Morgan fingerprint density at radius 3 is 2.94 bits per heavy atom. The summed E-state index contributed by atoms with van der Waals surface area (Å²) >= 11 is 3.55. The average molecular weight is 307 g/mol. The van der Waals surface area contributed by atoms with Gasteiger partial charge in [0.1, 0.15) is 0 Å². The van der Waals surface area contributed by atoms with Crippen LogP contribution in [0, 0.1) is 0 Å². The van der Waals surface area contributed by atoms with Gasteiger partial charge in [-0.1, -0.05) is 34.9 Å². The molecule has 0 radical (unpaired) electrons. The van der Waals surface area contributed by atoms with Crippen molar-refractivity contribution in [3.63, 3.8) is 0 Å². The first-order valence-corrected chi connectivity index (χ1v) is 6.80. The highest BCUT2D eigenvalue weighted by atomic mass is 79.9. The van der Waals surface area contributed by atoms with E-state index in [2.05, 4.69) is 58.0 Å². The van der Waals surface area contributed by atoms with Crippen LogP contribution in [0.2, 0.25) is 0 Å². The minimum Gasteiger partial charge on any atom is -0.363 e. The molecule has 2 aromatic rings. The van der Waals surface area contributed by atoms with E-state index in [0.717, 1.165) is 23.3 Å². The SMILES string of the molecule is CC1(C)CN(Cc2ccno2)c2ccc(Br)cc21. The van der Waals surface area contributed by atoms with Crippen molar-refractivity contribution in [2.24, 2.45) is 0 Å². The summed E-state index contributed by atoms with van der Waals surface area (Å²) in [7, 11) is 0. The molecule has 0 aliphatic carbocycles. The lowest BCUT2D eigenvalue weighted by atomic mass is 9.87. The van der Waals surface area contributed by atoms with Gasteiger partial charge in [0, 0.05) is 28.2 Å². The maximum Gasteiger partial charge on any atom is 0.155 e. The van der Waals surface area contributed by atoms with Crippen molar-refractivity contribution in [1.29, 1.82) is 0 Å². The lowest BCUT2D eigenvalue weighted by Gasteiger charge is -2.21. The normalized spacial score (nSPS) is 16.9. The average Bonchev–Trinajstić information content (AvgIpc) is 2.88. The highest BCUT2D eigenvalue weighted by molar-refractivity contribution is 9.10. The van der Waals surface area contributed by atoms with Gasteiger partial charge in [0.2, 0.25) is 0 Å². The Morgan fingerprint density at radius 2 is 2.22 bits per heavy atom. The van der Waals surface area contributed by atoms with Gasteiger partial charge in [0.15, 0.2) is 5.76 Å². The van der Waals surface area contributed by atoms with Crippen LogP contribution in [0.4, 0.5) is 5.69 Å². The summed E-state index contributed by atoms with van der Waals surface area (Å²) in [5.74, 6) is 0.904. The van der Waals surface area contributed by atoms with E-state index in [1.165, 1.54) is 11.3 Å². The molecule has 3 rings (SSSR count). The monoisotopic (exact) mass is 306 g/mol. The van der Waals surface area contributed by atoms with E-state index >= 15 is 0 Å². The molecular formula is C14H15BrN2O. The molecule has 0 unspecified atom stereocenters.